The molecular formula is C15H22N2O3. The predicted molar refractivity (Wildman–Crippen MR) is 76.6 cm³/mol. The molecular weight excluding hydrogens is 256 g/mol. The summed E-state index contributed by atoms with van der Waals surface area (Å²) in [5.41, 5.74) is 1.17. The van der Waals surface area contributed by atoms with Gasteiger partial charge in [-0.25, -0.2) is 0 Å². The Morgan fingerprint density at radius 2 is 2.00 bits per heavy atom. The van der Waals surface area contributed by atoms with Gasteiger partial charge in [-0.1, -0.05) is 30.3 Å². The lowest BCUT2D eigenvalue weighted by Gasteiger charge is -2.30. The van der Waals surface area contributed by atoms with Crippen LogP contribution in [0, 0.1) is 0 Å². The summed E-state index contributed by atoms with van der Waals surface area (Å²) < 4.78 is 5.31. The van der Waals surface area contributed by atoms with Gasteiger partial charge in [-0.3, -0.25) is 9.69 Å². The van der Waals surface area contributed by atoms with Crippen molar-refractivity contribution in [2.75, 3.05) is 32.8 Å². The van der Waals surface area contributed by atoms with Gasteiger partial charge in [0, 0.05) is 32.2 Å². The van der Waals surface area contributed by atoms with Gasteiger partial charge in [-0.2, -0.15) is 0 Å². The lowest BCUT2D eigenvalue weighted by atomic mass is 10.1. The van der Waals surface area contributed by atoms with Crippen LogP contribution in [0.2, 0.25) is 0 Å². The number of carbonyl (C=O) groups is 1. The number of morpholine rings is 1. The zero-order valence-electron chi connectivity index (χ0n) is 11.6. The van der Waals surface area contributed by atoms with Crippen molar-refractivity contribution in [3.63, 3.8) is 0 Å². The molecule has 0 radical (unpaired) electrons. The summed E-state index contributed by atoms with van der Waals surface area (Å²) in [6.45, 7) is 4.68. The van der Waals surface area contributed by atoms with Crippen molar-refractivity contribution < 1.29 is 14.6 Å². The van der Waals surface area contributed by atoms with Crippen LogP contribution in [-0.2, 0) is 16.1 Å². The summed E-state index contributed by atoms with van der Waals surface area (Å²) in [5.74, 6) is -0.760. The molecule has 0 aromatic heterocycles. The van der Waals surface area contributed by atoms with E-state index in [2.05, 4.69) is 10.2 Å². The number of benzene rings is 1. The van der Waals surface area contributed by atoms with E-state index in [1.807, 2.05) is 30.3 Å². The molecule has 0 saturated carbocycles. The van der Waals surface area contributed by atoms with Gasteiger partial charge < -0.3 is 15.2 Å². The molecule has 1 aliphatic rings. The Hall–Kier alpha value is -1.43. The zero-order valence-corrected chi connectivity index (χ0v) is 11.6. The highest BCUT2D eigenvalue weighted by Crippen LogP contribution is 2.04. The highest BCUT2D eigenvalue weighted by atomic mass is 16.5. The SMILES string of the molecule is O=C(O)CC(CN1CCOCC1)NCc1ccccc1. The highest BCUT2D eigenvalue weighted by molar-refractivity contribution is 5.67. The average molecular weight is 278 g/mol. The minimum absolute atomic E-state index is 0.0363. The summed E-state index contributed by atoms with van der Waals surface area (Å²) in [5, 5.41) is 12.4. The van der Waals surface area contributed by atoms with E-state index in [9.17, 15) is 4.79 Å². The lowest BCUT2D eigenvalue weighted by Crippen LogP contribution is -2.46. The molecule has 1 unspecified atom stereocenters. The fraction of sp³-hybridized carbons (Fsp3) is 0.533. The molecule has 1 saturated heterocycles. The Morgan fingerprint density at radius 1 is 1.30 bits per heavy atom. The number of ether oxygens (including phenoxy) is 1. The number of hydrogen-bond acceptors (Lipinski definition) is 4. The molecule has 1 aromatic rings. The molecule has 0 bridgehead atoms. The maximum Gasteiger partial charge on any atom is 0.304 e. The van der Waals surface area contributed by atoms with Crippen molar-refractivity contribution in [3.8, 4) is 0 Å². The summed E-state index contributed by atoms with van der Waals surface area (Å²) in [7, 11) is 0. The first-order valence-corrected chi connectivity index (χ1v) is 7.03. The molecule has 1 fully saturated rings. The van der Waals surface area contributed by atoms with Crippen LogP contribution < -0.4 is 5.32 Å². The first-order valence-electron chi connectivity index (χ1n) is 7.03. The Morgan fingerprint density at radius 3 is 2.65 bits per heavy atom. The average Bonchev–Trinajstić information content (AvgIpc) is 2.46. The van der Waals surface area contributed by atoms with Crippen molar-refractivity contribution in [1.29, 1.82) is 0 Å². The number of nitrogens with one attached hydrogen (secondary N) is 1. The Labute approximate surface area is 119 Å². The number of carboxylic acid groups (broad SMARTS) is 1. The van der Waals surface area contributed by atoms with Crippen LogP contribution in [0.15, 0.2) is 30.3 Å². The first-order chi connectivity index (χ1) is 9.74. The molecule has 1 aliphatic heterocycles. The summed E-state index contributed by atoms with van der Waals surface area (Å²) in [6.07, 6.45) is 0.143. The van der Waals surface area contributed by atoms with E-state index in [1.54, 1.807) is 0 Å². The van der Waals surface area contributed by atoms with Crippen LogP contribution in [0.1, 0.15) is 12.0 Å². The third-order valence-corrected chi connectivity index (χ3v) is 3.44. The molecule has 2 rings (SSSR count). The zero-order chi connectivity index (χ0) is 14.2. The standard InChI is InChI=1S/C15H22N2O3/c18-15(19)10-14(12-17-6-8-20-9-7-17)16-11-13-4-2-1-3-5-13/h1-5,14,16H,6-12H2,(H,18,19). The van der Waals surface area contributed by atoms with E-state index >= 15 is 0 Å². The van der Waals surface area contributed by atoms with Crippen molar-refractivity contribution in [2.24, 2.45) is 0 Å². The monoisotopic (exact) mass is 278 g/mol. The molecule has 5 nitrogen and oxygen atoms in total. The van der Waals surface area contributed by atoms with Crippen LogP contribution >= 0.6 is 0 Å². The third kappa shape index (κ3) is 5.28. The smallest absolute Gasteiger partial charge is 0.304 e. The number of aliphatic carboxylic acids is 1. The summed E-state index contributed by atoms with van der Waals surface area (Å²) in [4.78, 5) is 13.2. The molecule has 0 aliphatic carbocycles. The van der Waals surface area contributed by atoms with E-state index in [4.69, 9.17) is 9.84 Å². The predicted octanol–water partition coefficient (Wildman–Crippen LogP) is 0.952. The molecule has 0 spiro atoms. The van der Waals surface area contributed by atoms with E-state index in [0.29, 0.717) is 6.54 Å². The van der Waals surface area contributed by atoms with Gasteiger partial charge in [0.05, 0.1) is 19.6 Å². The van der Waals surface area contributed by atoms with E-state index < -0.39 is 5.97 Å². The fourth-order valence-electron chi connectivity index (χ4n) is 2.37. The molecule has 1 atom stereocenters. The second-order valence-corrected chi connectivity index (χ2v) is 5.07. The Kier molecular flexibility index (Phi) is 5.98. The van der Waals surface area contributed by atoms with Gasteiger partial charge >= 0.3 is 5.97 Å². The molecule has 1 heterocycles. The molecule has 1 aromatic carbocycles. The van der Waals surface area contributed by atoms with Crippen molar-refractivity contribution >= 4 is 5.97 Å². The molecule has 2 N–H and O–H groups in total. The van der Waals surface area contributed by atoms with Gasteiger partial charge in [0.2, 0.25) is 0 Å². The lowest BCUT2D eigenvalue weighted by molar-refractivity contribution is -0.137. The van der Waals surface area contributed by atoms with Crippen LogP contribution in [0.3, 0.4) is 0 Å². The fourth-order valence-corrected chi connectivity index (χ4v) is 2.37. The summed E-state index contributed by atoms with van der Waals surface area (Å²) in [6, 6.07) is 10.0. The Balaban J connectivity index is 1.84. The minimum atomic E-state index is -0.760. The normalized spacial score (nSPS) is 17.8. The quantitative estimate of drug-likeness (QED) is 0.777. The Bertz CT molecular complexity index is 405. The maximum absolute atomic E-state index is 11.0. The van der Waals surface area contributed by atoms with Gasteiger partial charge in [0.25, 0.3) is 0 Å². The molecule has 110 valence electrons. The van der Waals surface area contributed by atoms with Crippen LogP contribution in [-0.4, -0.2) is 54.9 Å². The van der Waals surface area contributed by atoms with Gasteiger partial charge in [-0.05, 0) is 5.56 Å². The van der Waals surface area contributed by atoms with E-state index in [-0.39, 0.29) is 12.5 Å². The number of rotatable bonds is 7. The molecule has 20 heavy (non-hydrogen) atoms. The second kappa shape index (κ2) is 7.99. The van der Waals surface area contributed by atoms with Gasteiger partial charge in [-0.15, -0.1) is 0 Å². The van der Waals surface area contributed by atoms with Crippen LogP contribution in [0.5, 0.6) is 0 Å². The maximum atomic E-state index is 11.0. The van der Waals surface area contributed by atoms with Crippen molar-refractivity contribution in [1.82, 2.24) is 10.2 Å². The van der Waals surface area contributed by atoms with Crippen molar-refractivity contribution in [3.05, 3.63) is 35.9 Å². The van der Waals surface area contributed by atoms with E-state index in [1.165, 1.54) is 5.56 Å². The molecule has 0 amide bonds. The number of carboxylic acids is 1. The number of hydrogen-bond donors (Lipinski definition) is 2. The summed E-state index contributed by atoms with van der Waals surface area (Å²) >= 11 is 0. The van der Waals surface area contributed by atoms with E-state index in [0.717, 1.165) is 32.8 Å². The topological polar surface area (TPSA) is 61.8 Å². The highest BCUT2D eigenvalue weighted by Gasteiger charge is 2.18. The number of nitrogens with zero attached hydrogens (tertiary/aromatic N) is 1. The van der Waals surface area contributed by atoms with Crippen molar-refractivity contribution in [2.45, 2.75) is 19.0 Å². The first kappa shape index (κ1) is 15.0. The third-order valence-electron chi connectivity index (χ3n) is 3.44. The van der Waals surface area contributed by atoms with Crippen LogP contribution in [0.25, 0.3) is 0 Å². The largest absolute Gasteiger partial charge is 0.481 e. The van der Waals surface area contributed by atoms with Gasteiger partial charge in [0.15, 0.2) is 0 Å². The van der Waals surface area contributed by atoms with Gasteiger partial charge in [0.1, 0.15) is 0 Å². The molecule has 5 heteroatoms. The second-order valence-electron chi connectivity index (χ2n) is 5.07. The minimum Gasteiger partial charge on any atom is -0.481 e. The van der Waals surface area contributed by atoms with Crippen LogP contribution in [0.4, 0.5) is 0 Å².